The van der Waals surface area contributed by atoms with Crippen LogP contribution < -0.4 is 14.8 Å². The van der Waals surface area contributed by atoms with Gasteiger partial charge in [-0.25, -0.2) is 14.4 Å². The third kappa shape index (κ3) is 2.84. The second kappa shape index (κ2) is 6.53. The second-order valence-corrected chi connectivity index (χ2v) is 7.76. The third-order valence-electron chi connectivity index (χ3n) is 3.68. The Hall–Kier alpha value is -2.16. The molecule has 0 spiro atoms. The quantitative estimate of drug-likeness (QED) is 0.516. The fourth-order valence-corrected chi connectivity index (χ4v) is 4.21. The highest BCUT2D eigenvalue weighted by Crippen LogP contribution is 2.35. The number of hydrogen-bond acceptors (Lipinski definition) is 6. The standard InChI is InChI=1S/C17H11BrClN3O3S/c1-2-25-14-10(19)3-8(4-12(14)23)5-13-16(24)22-15-11(21-17(22)26-13)6-9(18)7-20-15/h3-7,23H,2H2,1H3/b13-5+. The van der Waals surface area contributed by atoms with E-state index in [0.29, 0.717) is 32.8 Å². The van der Waals surface area contributed by atoms with Gasteiger partial charge in [0.05, 0.1) is 16.2 Å². The molecule has 3 aromatic heterocycles. The number of benzene rings is 1. The maximum Gasteiger partial charge on any atom is 0.276 e. The number of halogens is 2. The van der Waals surface area contributed by atoms with Crippen LogP contribution in [-0.2, 0) is 0 Å². The summed E-state index contributed by atoms with van der Waals surface area (Å²) in [4.78, 5) is 22.0. The summed E-state index contributed by atoms with van der Waals surface area (Å²) in [7, 11) is 0. The van der Waals surface area contributed by atoms with Crippen LogP contribution in [0.3, 0.4) is 0 Å². The molecule has 1 aromatic carbocycles. The molecule has 0 saturated carbocycles. The fraction of sp³-hybridized carbons (Fsp3) is 0.118. The number of aromatic nitrogens is 3. The van der Waals surface area contributed by atoms with Crippen molar-refractivity contribution >= 4 is 61.1 Å². The molecule has 4 aromatic rings. The first kappa shape index (κ1) is 17.3. The van der Waals surface area contributed by atoms with Crippen LogP contribution in [0, 0.1) is 0 Å². The molecule has 0 bridgehead atoms. The molecule has 3 heterocycles. The Balaban J connectivity index is 1.89. The fourth-order valence-electron chi connectivity index (χ4n) is 2.64. The molecule has 0 fully saturated rings. The van der Waals surface area contributed by atoms with E-state index in [-0.39, 0.29) is 22.1 Å². The van der Waals surface area contributed by atoms with Gasteiger partial charge in [0.15, 0.2) is 22.1 Å². The zero-order valence-electron chi connectivity index (χ0n) is 13.4. The van der Waals surface area contributed by atoms with Crippen molar-refractivity contribution in [2.24, 2.45) is 0 Å². The number of ether oxygens (including phenoxy) is 1. The van der Waals surface area contributed by atoms with Gasteiger partial charge in [-0.3, -0.25) is 4.79 Å². The summed E-state index contributed by atoms with van der Waals surface area (Å²) in [5, 5.41) is 10.4. The van der Waals surface area contributed by atoms with Gasteiger partial charge >= 0.3 is 0 Å². The number of pyridine rings is 1. The predicted octanol–water partition coefficient (Wildman–Crippen LogP) is 3.37. The molecule has 1 N–H and O–H groups in total. The topological polar surface area (TPSA) is 76.7 Å². The van der Waals surface area contributed by atoms with Crippen LogP contribution in [0.15, 0.2) is 33.7 Å². The lowest BCUT2D eigenvalue weighted by Gasteiger charge is -2.08. The first-order valence-corrected chi connectivity index (χ1v) is 9.60. The first-order valence-electron chi connectivity index (χ1n) is 7.61. The van der Waals surface area contributed by atoms with Crippen LogP contribution in [0.4, 0.5) is 0 Å². The maximum absolute atomic E-state index is 12.8. The van der Waals surface area contributed by atoms with E-state index in [1.54, 1.807) is 25.3 Å². The lowest BCUT2D eigenvalue weighted by Crippen LogP contribution is -2.22. The lowest BCUT2D eigenvalue weighted by molar-refractivity contribution is 0.318. The lowest BCUT2D eigenvalue weighted by atomic mass is 10.2. The van der Waals surface area contributed by atoms with Crippen LogP contribution >= 0.6 is 38.9 Å². The molecule has 0 amide bonds. The van der Waals surface area contributed by atoms with Crippen molar-refractivity contribution in [1.29, 1.82) is 0 Å². The summed E-state index contributed by atoms with van der Waals surface area (Å²) in [5.41, 5.74) is 1.54. The first-order chi connectivity index (χ1) is 12.5. The SMILES string of the molecule is CCOc1c(O)cc(/C=c2/sc3nc4cc(Br)cnc4n3c2=O)cc1Cl. The molecule has 0 aliphatic heterocycles. The van der Waals surface area contributed by atoms with Crippen molar-refractivity contribution in [3.8, 4) is 11.5 Å². The molecule has 0 aliphatic rings. The Kier molecular flexibility index (Phi) is 4.34. The number of aromatic hydroxyl groups is 1. The number of imidazole rings is 1. The Labute approximate surface area is 164 Å². The maximum atomic E-state index is 12.8. The van der Waals surface area contributed by atoms with Gasteiger partial charge in [0, 0.05) is 10.7 Å². The van der Waals surface area contributed by atoms with Gasteiger partial charge in [-0.15, -0.1) is 0 Å². The minimum absolute atomic E-state index is 0.0728. The van der Waals surface area contributed by atoms with E-state index in [0.717, 1.165) is 4.47 Å². The van der Waals surface area contributed by atoms with E-state index in [9.17, 15) is 9.90 Å². The Morgan fingerprint density at radius 1 is 1.42 bits per heavy atom. The molecule has 0 radical (unpaired) electrons. The third-order valence-corrected chi connectivity index (χ3v) is 5.36. The molecule has 132 valence electrons. The van der Waals surface area contributed by atoms with E-state index in [1.165, 1.54) is 21.8 Å². The van der Waals surface area contributed by atoms with Crippen LogP contribution in [-0.4, -0.2) is 26.1 Å². The summed E-state index contributed by atoms with van der Waals surface area (Å²) in [6.45, 7) is 2.19. The van der Waals surface area contributed by atoms with Gasteiger partial charge in [0.25, 0.3) is 5.56 Å². The van der Waals surface area contributed by atoms with E-state index in [2.05, 4.69) is 25.9 Å². The summed E-state index contributed by atoms with van der Waals surface area (Å²) in [6.07, 6.45) is 3.29. The van der Waals surface area contributed by atoms with Gasteiger partial charge in [-0.2, -0.15) is 0 Å². The van der Waals surface area contributed by atoms with E-state index in [1.807, 2.05) is 6.07 Å². The molecule has 26 heavy (non-hydrogen) atoms. The van der Waals surface area contributed by atoms with Crippen LogP contribution in [0.25, 0.3) is 22.2 Å². The Bertz CT molecular complexity index is 1240. The van der Waals surface area contributed by atoms with Crippen molar-refractivity contribution in [3.05, 3.63) is 54.3 Å². The number of hydrogen-bond donors (Lipinski definition) is 1. The van der Waals surface area contributed by atoms with Gasteiger partial charge in [0.2, 0.25) is 0 Å². The number of nitrogens with zero attached hydrogens (tertiary/aromatic N) is 3. The van der Waals surface area contributed by atoms with Crippen molar-refractivity contribution in [2.75, 3.05) is 6.61 Å². The molecule has 0 aliphatic carbocycles. The second-order valence-electron chi connectivity index (χ2n) is 5.43. The largest absolute Gasteiger partial charge is 0.504 e. The molecule has 6 nitrogen and oxygen atoms in total. The van der Waals surface area contributed by atoms with Crippen LogP contribution in [0.2, 0.25) is 5.02 Å². The number of fused-ring (bicyclic) bond motifs is 3. The molecule has 0 unspecified atom stereocenters. The van der Waals surface area contributed by atoms with E-state index < -0.39 is 0 Å². The number of rotatable bonds is 3. The smallest absolute Gasteiger partial charge is 0.276 e. The highest BCUT2D eigenvalue weighted by molar-refractivity contribution is 9.10. The van der Waals surface area contributed by atoms with Crippen molar-refractivity contribution in [3.63, 3.8) is 0 Å². The van der Waals surface area contributed by atoms with E-state index >= 15 is 0 Å². The number of phenols is 1. The van der Waals surface area contributed by atoms with Crippen LogP contribution in [0.5, 0.6) is 11.5 Å². The summed E-state index contributed by atoms with van der Waals surface area (Å²) in [6, 6.07) is 4.96. The molecule has 4 rings (SSSR count). The van der Waals surface area contributed by atoms with Crippen LogP contribution in [0.1, 0.15) is 12.5 Å². The summed E-state index contributed by atoms with van der Waals surface area (Å²) < 4.78 is 8.06. The molecule has 0 saturated heterocycles. The minimum atomic E-state index is -0.216. The Morgan fingerprint density at radius 2 is 2.23 bits per heavy atom. The van der Waals surface area contributed by atoms with Gasteiger partial charge in [-0.1, -0.05) is 22.9 Å². The molecular formula is C17H11BrClN3O3S. The molecule has 0 atom stereocenters. The normalized spacial score (nSPS) is 12.3. The number of phenolic OH excluding ortho intramolecular Hbond substituents is 1. The predicted molar refractivity (Wildman–Crippen MR) is 105 cm³/mol. The highest BCUT2D eigenvalue weighted by Gasteiger charge is 2.13. The van der Waals surface area contributed by atoms with Crippen molar-refractivity contribution in [1.82, 2.24) is 14.4 Å². The average Bonchev–Trinajstić information content (AvgIpc) is 3.07. The van der Waals surface area contributed by atoms with Crippen molar-refractivity contribution in [2.45, 2.75) is 6.92 Å². The van der Waals surface area contributed by atoms with Gasteiger partial charge < -0.3 is 9.84 Å². The molecular weight excluding hydrogens is 442 g/mol. The van der Waals surface area contributed by atoms with Crippen molar-refractivity contribution < 1.29 is 9.84 Å². The minimum Gasteiger partial charge on any atom is -0.504 e. The van der Waals surface area contributed by atoms with Gasteiger partial charge in [-0.05, 0) is 52.7 Å². The zero-order valence-corrected chi connectivity index (χ0v) is 16.5. The Morgan fingerprint density at radius 3 is 2.96 bits per heavy atom. The zero-order chi connectivity index (χ0) is 18.4. The monoisotopic (exact) mass is 451 g/mol. The summed E-state index contributed by atoms with van der Waals surface area (Å²) in [5.74, 6) is 0.159. The highest BCUT2D eigenvalue weighted by atomic mass is 79.9. The van der Waals surface area contributed by atoms with Gasteiger partial charge in [0.1, 0.15) is 5.52 Å². The van der Waals surface area contributed by atoms with E-state index in [4.69, 9.17) is 16.3 Å². The molecule has 9 heteroatoms. The number of thiazole rings is 1. The summed E-state index contributed by atoms with van der Waals surface area (Å²) >= 11 is 10.8. The average molecular weight is 453 g/mol.